The lowest BCUT2D eigenvalue weighted by molar-refractivity contribution is -0.225. The first-order valence-electron chi connectivity index (χ1n) is 27.4. The van der Waals surface area contributed by atoms with Crippen molar-refractivity contribution in [1.82, 2.24) is 0 Å². The van der Waals surface area contributed by atoms with Crippen molar-refractivity contribution in [3.63, 3.8) is 0 Å². The largest absolute Gasteiger partial charge is 0.432 e. The Labute approximate surface area is 438 Å². The van der Waals surface area contributed by atoms with Gasteiger partial charge in [-0.05, 0) is 158 Å². The third-order valence-electron chi connectivity index (χ3n) is 16.7. The quantitative estimate of drug-likeness (QED) is 0.0461. The molecule has 0 saturated heterocycles. The van der Waals surface area contributed by atoms with Crippen molar-refractivity contribution in [2.75, 3.05) is 13.2 Å². The lowest BCUT2D eigenvalue weighted by Gasteiger charge is -2.40. The Morgan fingerprint density at radius 1 is 0.493 bits per heavy atom. The van der Waals surface area contributed by atoms with Crippen molar-refractivity contribution < 1.29 is 77.4 Å². The Hall–Kier alpha value is -2.58. The predicted octanol–water partition coefficient (Wildman–Crippen LogP) is 20.8. The molecule has 0 spiro atoms. The maximum atomic E-state index is 15.0. The molecule has 0 aromatic heterocycles. The van der Waals surface area contributed by atoms with Gasteiger partial charge in [-0.15, -0.1) is 6.58 Å². The second-order valence-electron chi connectivity index (χ2n) is 22.0. The molecule has 0 bridgehead atoms. The van der Waals surface area contributed by atoms with E-state index in [9.17, 15) is 58.4 Å². The second-order valence-corrected chi connectivity index (χ2v) is 24.9. The Kier molecular flexibility index (Phi) is 21.8. The van der Waals surface area contributed by atoms with Crippen LogP contribution in [0.15, 0.2) is 46.7 Å². The van der Waals surface area contributed by atoms with Crippen molar-refractivity contribution in [1.29, 1.82) is 0 Å². The Morgan fingerprint density at radius 3 is 1.15 bits per heavy atom. The summed E-state index contributed by atoms with van der Waals surface area (Å²) in [6.45, 7) is 5.53. The van der Waals surface area contributed by atoms with E-state index < -0.39 is 91.0 Å². The summed E-state index contributed by atoms with van der Waals surface area (Å²) >= 11 is -0.625. The number of rotatable bonds is 29. The Morgan fingerprint density at radius 2 is 0.813 bits per heavy atom. The van der Waals surface area contributed by atoms with Crippen LogP contribution in [-0.2, 0) is 9.47 Å². The molecule has 4 saturated carbocycles. The van der Waals surface area contributed by atoms with Gasteiger partial charge < -0.3 is 18.9 Å². The highest BCUT2D eigenvalue weighted by atomic mass is 32.5. The van der Waals surface area contributed by atoms with Gasteiger partial charge in [-0.25, -0.2) is 17.6 Å². The SMILES string of the molecule is C=CC(CCCCCCCOC1CCC(C2CCC(C(F)(F)Oc3cc(F)c(SF)c(F)c3)CC2)CC1)CCCCCCCOC1CCC(C2CCC(C(F)(F)Oc3cc(F)c(S(F)(F)(F)(F)F)c(F)c3)CC2)CC1. The van der Waals surface area contributed by atoms with Gasteiger partial charge in [0.05, 0.1) is 36.2 Å². The number of halogens is 14. The smallest absolute Gasteiger partial charge is 0.400 e. The number of alkyl halides is 4. The Bertz CT molecular complexity index is 2040. The maximum absolute atomic E-state index is 15.0. The van der Waals surface area contributed by atoms with Gasteiger partial charge in [0.1, 0.15) is 28.0 Å². The number of unbranched alkanes of at least 4 members (excludes halogenated alkanes) is 8. The average molecular weight is 1130 g/mol. The summed E-state index contributed by atoms with van der Waals surface area (Å²) in [4.78, 5) is -4.27. The Balaban J connectivity index is 0.715. The highest BCUT2D eigenvalue weighted by Gasteiger charge is 2.69. The molecule has 2 aromatic rings. The van der Waals surface area contributed by atoms with Gasteiger partial charge in [0.15, 0.2) is 16.5 Å². The summed E-state index contributed by atoms with van der Waals surface area (Å²) in [5.74, 6) is -10.4. The van der Waals surface area contributed by atoms with Gasteiger partial charge in [-0.2, -0.15) is 21.4 Å². The summed E-state index contributed by atoms with van der Waals surface area (Å²) < 4.78 is 215. The topological polar surface area (TPSA) is 36.9 Å². The molecule has 0 radical (unpaired) electrons. The molecule has 4 aliphatic carbocycles. The molecule has 6 rings (SSSR count). The number of hydrogen-bond donors (Lipinski definition) is 0. The van der Waals surface area contributed by atoms with E-state index in [-0.39, 0.29) is 55.9 Å². The number of ether oxygens (including phenoxy) is 4. The first-order valence-corrected chi connectivity index (χ1v) is 30.0. The van der Waals surface area contributed by atoms with Gasteiger partial charge in [-0.3, -0.25) is 0 Å². The van der Waals surface area contributed by atoms with Crippen LogP contribution in [-0.4, -0.2) is 37.6 Å². The van der Waals surface area contributed by atoms with Crippen molar-refractivity contribution in [3.8, 4) is 11.5 Å². The van der Waals surface area contributed by atoms with E-state index in [1.165, 1.54) is 32.1 Å². The lowest BCUT2D eigenvalue weighted by atomic mass is 9.70. The van der Waals surface area contributed by atoms with Crippen LogP contribution in [0.25, 0.3) is 0 Å². The molecule has 0 heterocycles. The van der Waals surface area contributed by atoms with Crippen molar-refractivity contribution >= 4 is 22.4 Å². The van der Waals surface area contributed by atoms with E-state index in [1.807, 2.05) is 0 Å². The second kappa shape index (κ2) is 26.6. The monoisotopic (exact) mass is 1130 g/mol. The van der Waals surface area contributed by atoms with Crippen LogP contribution in [0, 0.1) is 64.7 Å². The maximum Gasteiger partial charge on any atom is 0.400 e. The number of benzene rings is 2. The van der Waals surface area contributed by atoms with Gasteiger partial charge in [0.2, 0.25) is 0 Å². The van der Waals surface area contributed by atoms with E-state index in [4.69, 9.17) is 14.2 Å². The molecule has 1 atom stereocenters. The molecule has 4 fully saturated rings. The third kappa shape index (κ3) is 18.8. The predicted molar refractivity (Wildman–Crippen MR) is 266 cm³/mol. The lowest BCUT2D eigenvalue weighted by Crippen LogP contribution is -2.38. The summed E-state index contributed by atoms with van der Waals surface area (Å²) in [6.07, 6.45) is 19.0. The average Bonchev–Trinajstić information content (AvgIpc) is 3.34. The summed E-state index contributed by atoms with van der Waals surface area (Å²) in [5.41, 5.74) is 0. The minimum absolute atomic E-state index is 0.0364. The molecule has 1 unspecified atom stereocenters. The van der Waals surface area contributed by atoms with Crippen LogP contribution in [0.3, 0.4) is 0 Å². The third-order valence-corrected chi connectivity index (χ3v) is 18.4. The minimum Gasteiger partial charge on any atom is -0.432 e. The van der Waals surface area contributed by atoms with Gasteiger partial charge in [0, 0.05) is 37.5 Å². The van der Waals surface area contributed by atoms with E-state index in [0.29, 0.717) is 68.1 Å². The zero-order valence-corrected chi connectivity index (χ0v) is 44.4. The summed E-state index contributed by atoms with van der Waals surface area (Å²) in [6, 6.07) is 0.615. The standard InChI is InChI=1S/C55H76F14O4S2/c1-2-37(13-9-5-3-7-11-31-70-44-27-19-40(20-28-44)38-15-23-42(24-16-38)54(60,61)72-46-33-48(56)52(74-64)49(57)34-46)14-10-6-4-8-12-32-71-45-29-21-41(22-30-45)39-17-25-43(26-18-39)55(62,63)73-47-35-50(58)53(51(59)36-47)75(65,66,67,68)69/h2,33-45H,1,3-32H2. The van der Waals surface area contributed by atoms with Gasteiger partial charge in [0.25, 0.3) is 0 Å². The van der Waals surface area contributed by atoms with E-state index in [0.717, 1.165) is 103 Å². The first kappa shape index (κ1) is 61.6. The molecule has 20 heteroatoms. The normalized spacial score (nSPS) is 26.5. The van der Waals surface area contributed by atoms with Crippen LogP contribution in [0.1, 0.15) is 180 Å². The van der Waals surface area contributed by atoms with Crippen LogP contribution < -0.4 is 9.47 Å². The van der Waals surface area contributed by atoms with E-state index in [1.54, 1.807) is 0 Å². The van der Waals surface area contributed by atoms with E-state index in [2.05, 4.69) is 17.4 Å². The fourth-order valence-electron chi connectivity index (χ4n) is 12.4. The molecule has 430 valence electrons. The summed E-state index contributed by atoms with van der Waals surface area (Å²) in [7, 11) is -10.7. The molecule has 2 aromatic carbocycles. The van der Waals surface area contributed by atoms with Crippen molar-refractivity contribution in [3.05, 3.63) is 60.2 Å². The highest BCUT2D eigenvalue weighted by molar-refractivity contribution is 8.45. The molecule has 0 N–H and O–H groups in total. The van der Waals surface area contributed by atoms with Gasteiger partial charge in [-0.1, -0.05) is 76.9 Å². The fraction of sp³-hybridized carbons (Fsp3) is 0.745. The molecule has 4 aliphatic rings. The summed E-state index contributed by atoms with van der Waals surface area (Å²) in [5, 5.41) is 0. The zero-order chi connectivity index (χ0) is 54.5. The number of hydrogen-bond acceptors (Lipinski definition) is 5. The fourth-order valence-corrected chi connectivity index (χ4v) is 13.5. The molecule has 4 nitrogen and oxygen atoms in total. The van der Waals surface area contributed by atoms with Crippen LogP contribution in [0.5, 0.6) is 11.5 Å². The van der Waals surface area contributed by atoms with E-state index >= 15 is 0 Å². The van der Waals surface area contributed by atoms with Crippen molar-refractivity contribution in [2.24, 2.45) is 41.4 Å². The minimum atomic E-state index is -10.7. The molecule has 75 heavy (non-hydrogen) atoms. The van der Waals surface area contributed by atoms with Crippen molar-refractivity contribution in [2.45, 2.75) is 214 Å². The van der Waals surface area contributed by atoms with Crippen LogP contribution in [0.2, 0.25) is 0 Å². The molecular formula is C55H76F14O4S2. The van der Waals surface area contributed by atoms with Gasteiger partial charge >= 0.3 is 22.4 Å². The zero-order valence-electron chi connectivity index (χ0n) is 42.7. The first-order chi connectivity index (χ1) is 35.3. The van der Waals surface area contributed by atoms with Crippen LogP contribution in [0.4, 0.5) is 58.4 Å². The molecule has 0 aliphatic heterocycles. The van der Waals surface area contributed by atoms with Crippen LogP contribution >= 0.6 is 22.4 Å². The number of allylic oxidation sites excluding steroid dienone is 1. The molecule has 0 amide bonds. The molecular weight excluding hydrogens is 1050 g/mol. The highest BCUT2D eigenvalue weighted by Crippen LogP contribution is 3.02.